The van der Waals surface area contributed by atoms with Gasteiger partial charge < -0.3 is 4.74 Å². The van der Waals surface area contributed by atoms with Crippen LogP contribution in [0, 0.1) is 6.92 Å². The first kappa shape index (κ1) is 21.9. The third kappa shape index (κ3) is 4.69. The molecule has 0 atom stereocenters. The van der Waals surface area contributed by atoms with Gasteiger partial charge in [-0.15, -0.1) is 0 Å². The molecule has 2 aromatic carbocycles. The average Bonchev–Trinajstić information content (AvgIpc) is 2.68. The summed E-state index contributed by atoms with van der Waals surface area (Å²) < 4.78 is 60.8. The second kappa shape index (κ2) is 8.51. The zero-order chi connectivity index (χ0) is 21.2. The number of benzene rings is 2. The van der Waals surface area contributed by atoms with Crippen LogP contribution in [-0.2, 0) is 20.0 Å². The number of piperidine rings is 1. The smallest absolute Gasteiger partial charge is 0.263 e. The third-order valence-electron chi connectivity index (χ3n) is 4.73. The minimum Gasteiger partial charge on any atom is -0.495 e. The van der Waals surface area contributed by atoms with Crippen molar-refractivity contribution in [2.75, 3.05) is 24.9 Å². The van der Waals surface area contributed by atoms with E-state index in [-0.39, 0.29) is 26.3 Å². The van der Waals surface area contributed by atoms with Gasteiger partial charge in [0.05, 0.1) is 17.8 Å². The van der Waals surface area contributed by atoms with Gasteiger partial charge in [-0.3, -0.25) is 4.72 Å². The number of ether oxygens (including phenoxy) is 1. The van der Waals surface area contributed by atoms with Crippen LogP contribution in [0.3, 0.4) is 0 Å². The molecule has 10 heteroatoms. The molecule has 0 spiro atoms. The number of hydrogen-bond donors (Lipinski definition) is 1. The molecule has 29 heavy (non-hydrogen) atoms. The van der Waals surface area contributed by atoms with E-state index in [4.69, 9.17) is 16.3 Å². The Morgan fingerprint density at radius 2 is 1.66 bits per heavy atom. The number of methoxy groups -OCH3 is 1. The number of hydrogen-bond acceptors (Lipinski definition) is 5. The molecule has 1 N–H and O–H groups in total. The Morgan fingerprint density at radius 3 is 2.28 bits per heavy atom. The molecule has 0 unspecified atom stereocenters. The first-order valence-corrected chi connectivity index (χ1v) is 12.4. The fourth-order valence-electron chi connectivity index (χ4n) is 3.22. The average molecular weight is 459 g/mol. The number of nitrogens with one attached hydrogen (secondary N) is 1. The Hall–Kier alpha value is -1.81. The highest BCUT2D eigenvalue weighted by Crippen LogP contribution is 2.32. The summed E-state index contributed by atoms with van der Waals surface area (Å²) in [5.41, 5.74) is 0.936. The molecule has 0 saturated carbocycles. The summed E-state index contributed by atoms with van der Waals surface area (Å²) in [5.74, 6) is 0.159. The largest absolute Gasteiger partial charge is 0.495 e. The van der Waals surface area contributed by atoms with E-state index in [2.05, 4.69) is 4.72 Å². The molecule has 1 saturated heterocycles. The highest BCUT2D eigenvalue weighted by Gasteiger charge is 2.29. The van der Waals surface area contributed by atoms with Gasteiger partial charge in [0.15, 0.2) is 0 Å². The molecule has 0 amide bonds. The molecule has 3 rings (SSSR count). The number of rotatable bonds is 6. The minimum absolute atomic E-state index is 0.0721. The lowest BCUT2D eigenvalue weighted by Gasteiger charge is -2.26. The molecule has 1 aliphatic rings. The van der Waals surface area contributed by atoms with E-state index in [0.717, 1.165) is 24.8 Å². The highest BCUT2D eigenvalue weighted by atomic mass is 35.5. The van der Waals surface area contributed by atoms with Crippen molar-refractivity contribution >= 4 is 37.3 Å². The van der Waals surface area contributed by atoms with E-state index in [1.807, 2.05) is 0 Å². The van der Waals surface area contributed by atoms with Crippen LogP contribution in [0.2, 0.25) is 5.02 Å². The van der Waals surface area contributed by atoms with Crippen LogP contribution in [0.15, 0.2) is 46.2 Å². The molecule has 0 bridgehead atoms. The zero-order valence-electron chi connectivity index (χ0n) is 16.2. The first-order valence-electron chi connectivity index (χ1n) is 9.12. The van der Waals surface area contributed by atoms with Crippen molar-refractivity contribution in [3.8, 4) is 5.75 Å². The summed E-state index contributed by atoms with van der Waals surface area (Å²) in [5, 5.41) is 0.0900. The van der Waals surface area contributed by atoms with Gasteiger partial charge in [0.1, 0.15) is 15.5 Å². The fourth-order valence-corrected chi connectivity index (χ4v) is 6.57. The summed E-state index contributed by atoms with van der Waals surface area (Å²) in [7, 11) is -6.44. The van der Waals surface area contributed by atoms with E-state index in [1.54, 1.807) is 19.1 Å². The predicted molar refractivity (Wildman–Crippen MR) is 113 cm³/mol. The van der Waals surface area contributed by atoms with Gasteiger partial charge in [-0.1, -0.05) is 24.1 Å². The van der Waals surface area contributed by atoms with Gasteiger partial charge in [-0.2, -0.15) is 4.31 Å². The van der Waals surface area contributed by atoms with E-state index in [9.17, 15) is 16.8 Å². The number of aryl methyl sites for hydroxylation is 1. The summed E-state index contributed by atoms with van der Waals surface area (Å²) in [6.07, 6.45) is 2.57. The first-order chi connectivity index (χ1) is 13.6. The zero-order valence-corrected chi connectivity index (χ0v) is 18.6. The Labute approximate surface area is 176 Å². The standard InChI is InChI=1S/C19H23ClN2O5S2/c1-14-6-9-18(16(20)12-14)28(23,24)21-15-7-8-17(27-2)19(13-15)29(25,26)22-10-4-3-5-11-22/h6-9,12-13,21H,3-5,10-11H2,1-2H3. The molecular weight excluding hydrogens is 436 g/mol. The van der Waals surface area contributed by atoms with Crippen molar-refractivity contribution in [1.82, 2.24) is 4.31 Å². The van der Waals surface area contributed by atoms with Crippen molar-refractivity contribution in [1.29, 1.82) is 0 Å². The van der Waals surface area contributed by atoms with Gasteiger partial charge in [0.25, 0.3) is 10.0 Å². The van der Waals surface area contributed by atoms with Gasteiger partial charge in [0, 0.05) is 13.1 Å². The summed E-state index contributed by atoms with van der Waals surface area (Å²) in [6.45, 7) is 2.66. The van der Waals surface area contributed by atoms with E-state index in [1.165, 1.54) is 35.7 Å². The number of sulfonamides is 2. The van der Waals surface area contributed by atoms with Gasteiger partial charge in [-0.05, 0) is 55.7 Å². The molecule has 0 aliphatic carbocycles. The molecule has 1 heterocycles. The van der Waals surface area contributed by atoms with Crippen molar-refractivity contribution < 1.29 is 21.6 Å². The lowest BCUT2D eigenvalue weighted by atomic mass is 10.2. The molecule has 1 aliphatic heterocycles. The van der Waals surface area contributed by atoms with Crippen LogP contribution in [0.4, 0.5) is 5.69 Å². The second-order valence-corrected chi connectivity index (χ2v) is 10.8. The monoisotopic (exact) mass is 458 g/mol. The fraction of sp³-hybridized carbons (Fsp3) is 0.368. The van der Waals surface area contributed by atoms with E-state index >= 15 is 0 Å². The molecule has 1 fully saturated rings. The Kier molecular flexibility index (Phi) is 6.42. The second-order valence-electron chi connectivity index (χ2n) is 6.87. The summed E-state index contributed by atoms with van der Waals surface area (Å²) in [6, 6.07) is 8.77. The molecule has 7 nitrogen and oxygen atoms in total. The molecular formula is C19H23ClN2O5S2. The molecule has 0 aromatic heterocycles. The number of halogens is 1. The van der Waals surface area contributed by atoms with Crippen molar-refractivity contribution in [3.05, 3.63) is 47.0 Å². The van der Waals surface area contributed by atoms with Crippen LogP contribution >= 0.6 is 11.6 Å². The molecule has 158 valence electrons. The normalized spacial score (nSPS) is 15.8. The van der Waals surface area contributed by atoms with Crippen molar-refractivity contribution in [3.63, 3.8) is 0 Å². The lowest BCUT2D eigenvalue weighted by Crippen LogP contribution is -2.35. The third-order valence-corrected chi connectivity index (χ3v) is 8.51. The maximum Gasteiger partial charge on any atom is 0.263 e. The quantitative estimate of drug-likeness (QED) is 0.713. The van der Waals surface area contributed by atoms with Crippen LogP contribution in [0.25, 0.3) is 0 Å². The van der Waals surface area contributed by atoms with Crippen molar-refractivity contribution in [2.45, 2.75) is 36.0 Å². The Balaban J connectivity index is 1.98. The van der Waals surface area contributed by atoms with Crippen LogP contribution < -0.4 is 9.46 Å². The number of nitrogens with zero attached hydrogens (tertiary/aromatic N) is 1. The maximum absolute atomic E-state index is 13.1. The summed E-state index contributed by atoms with van der Waals surface area (Å²) >= 11 is 6.09. The maximum atomic E-state index is 13.1. The van der Waals surface area contributed by atoms with Gasteiger partial charge in [0.2, 0.25) is 10.0 Å². The van der Waals surface area contributed by atoms with E-state index < -0.39 is 20.0 Å². The Bertz CT molecular complexity index is 1110. The van der Waals surface area contributed by atoms with Gasteiger partial charge >= 0.3 is 0 Å². The number of anilines is 1. The highest BCUT2D eigenvalue weighted by molar-refractivity contribution is 7.93. The minimum atomic E-state index is -4.00. The predicted octanol–water partition coefficient (Wildman–Crippen LogP) is 3.63. The van der Waals surface area contributed by atoms with Crippen LogP contribution in [-0.4, -0.2) is 41.3 Å². The summed E-state index contributed by atoms with van der Waals surface area (Å²) in [4.78, 5) is -0.155. The lowest BCUT2D eigenvalue weighted by molar-refractivity contribution is 0.343. The van der Waals surface area contributed by atoms with Crippen LogP contribution in [0.5, 0.6) is 5.75 Å². The molecule has 0 radical (unpaired) electrons. The topological polar surface area (TPSA) is 92.8 Å². The van der Waals surface area contributed by atoms with Crippen LogP contribution in [0.1, 0.15) is 24.8 Å². The van der Waals surface area contributed by atoms with Gasteiger partial charge in [-0.25, -0.2) is 16.8 Å². The van der Waals surface area contributed by atoms with E-state index in [0.29, 0.717) is 13.1 Å². The Morgan fingerprint density at radius 1 is 0.966 bits per heavy atom. The SMILES string of the molecule is COc1ccc(NS(=O)(=O)c2ccc(C)cc2Cl)cc1S(=O)(=O)N1CCCCC1. The van der Waals surface area contributed by atoms with Crippen molar-refractivity contribution in [2.24, 2.45) is 0 Å². The molecule has 2 aromatic rings.